The standard InChI is InChI=1S/C33H29ClN2O4S/c1-21-10-16-25(17-11-21)41(37,38)40-33-29(34)18-22(19-31(33)39-2)20-35-24-14-12-23(13-15-24)32-28-8-5-7-26(28)27-6-3-4-9-30(27)36-32/h3-7,9-20,26,28,32,36H,8H2,1-2H3/t26-,28+,32-/m0/s1. The number of ether oxygens (including phenoxy) is 1. The van der Waals surface area contributed by atoms with E-state index in [-0.39, 0.29) is 27.5 Å². The Kier molecular flexibility index (Phi) is 7.32. The maximum absolute atomic E-state index is 12.8. The third kappa shape index (κ3) is 5.47. The van der Waals surface area contributed by atoms with Gasteiger partial charge in [0.2, 0.25) is 5.75 Å². The van der Waals surface area contributed by atoms with E-state index in [1.807, 2.05) is 19.1 Å². The number of hydrogen-bond donors (Lipinski definition) is 1. The Morgan fingerprint density at radius 2 is 1.76 bits per heavy atom. The summed E-state index contributed by atoms with van der Waals surface area (Å²) in [5.74, 6) is 1.02. The second-order valence-corrected chi connectivity index (χ2v) is 12.3. The van der Waals surface area contributed by atoms with Crippen LogP contribution < -0.4 is 14.2 Å². The van der Waals surface area contributed by atoms with Gasteiger partial charge in [0.05, 0.1) is 23.9 Å². The number of para-hydroxylation sites is 1. The summed E-state index contributed by atoms with van der Waals surface area (Å²) in [4.78, 5) is 4.64. The number of allylic oxidation sites excluding steroid dienone is 2. The van der Waals surface area contributed by atoms with E-state index >= 15 is 0 Å². The molecule has 8 heteroatoms. The smallest absolute Gasteiger partial charge is 0.339 e. The molecule has 1 aliphatic carbocycles. The topological polar surface area (TPSA) is 77.0 Å². The first-order valence-corrected chi connectivity index (χ1v) is 15.2. The highest BCUT2D eigenvalue weighted by Crippen LogP contribution is 2.49. The van der Waals surface area contributed by atoms with Crippen LogP contribution in [0.25, 0.3) is 0 Å². The third-order valence-corrected chi connectivity index (χ3v) is 9.16. The molecule has 208 valence electrons. The van der Waals surface area contributed by atoms with Gasteiger partial charge in [-0.2, -0.15) is 8.42 Å². The molecule has 1 N–H and O–H groups in total. The number of halogens is 1. The van der Waals surface area contributed by atoms with Crippen molar-refractivity contribution in [1.82, 2.24) is 0 Å². The number of aryl methyl sites for hydroxylation is 1. The normalized spacial score (nSPS) is 19.4. The molecule has 6 nitrogen and oxygen atoms in total. The van der Waals surface area contributed by atoms with Gasteiger partial charge in [-0.25, -0.2) is 0 Å². The Morgan fingerprint density at radius 1 is 1.00 bits per heavy atom. The first kappa shape index (κ1) is 27.1. The van der Waals surface area contributed by atoms with Crippen molar-refractivity contribution in [3.05, 3.63) is 124 Å². The first-order chi connectivity index (χ1) is 19.8. The van der Waals surface area contributed by atoms with Gasteiger partial charge in [-0.05, 0) is 78.4 Å². The molecule has 2 aliphatic rings. The molecule has 0 bridgehead atoms. The van der Waals surface area contributed by atoms with Gasteiger partial charge in [-0.3, -0.25) is 4.99 Å². The fourth-order valence-electron chi connectivity index (χ4n) is 5.55. The molecule has 0 amide bonds. The molecule has 0 spiro atoms. The van der Waals surface area contributed by atoms with Crippen molar-refractivity contribution in [2.24, 2.45) is 10.9 Å². The number of methoxy groups -OCH3 is 1. The molecule has 6 rings (SSSR count). The molecule has 3 atom stereocenters. The molecule has 4 aromatic carbocycles. The minimum atomic E-state index is -4.10. The van der Waals surface area contributed by atoms with Gasteiger partial charge in [0.25, 0.3) is 0 Å². The predicted octanol–water partition coefficient (Wildman–Crippen LogP) is 8.00. The van der Waals surface area contributed by atoms with Crippen LogP contribution in [-0.2, 0) is 10.1 Å². The van der Waals surface area contributed by atoms with Gasteiger partial charge in [0.1, 0.15) is 4.90 Å². The molecule has 0 saturated heterocycles. The van der Waals surface area contributed by atoms with Gasteiger partial charge >= 0.3 is 10.1 Å². The second kappa shape index (κ2) is 11.1. The Hall–Kier alpha value is -4.07. The summed E-state index contributed by atoms with van der Waals surface area (Å²) in [6.45, 7) is 1.88. The quantitative estimate of drug-likeness (QED) is 0.135. The maximum Gasteiger partial charge on any atom is 0.339 e. The van der Waals surface area contributed by atoms with Crippen LogP contribution >= 0.6 is 11.6 Å². The average Bonchev–Trinajstić information content (AvgIpc) is 3.48. The van der Waals surface area contributed by atoms with Crippen LogP contribution in [-0.4, -0.2) is 21.7 Å². The van der Waals surface area contributed by atoms with E-state index in [1.165, 1.54) is 36.1 Å². The number of fused-ring (bicyclic) bond motifs is 3. The largest absolute Gasteiger partial charge is 0.493 e. The van der Waals surface area contributed by atoms with Crippen molar-refractivity contribution in [2.75, 3.05) is 12.4 Å². The van der Waals surface area contributed by atoms with Gasteiger partial charge < -0.3 is 14.2 Å². The van der Waals surface area contributed by atoms with Crippen molar-refractivity contribution in [3.63, 3.8) is 0 Å². The second-order valence-electron chi connectivity index (χ2n) is 10.3. The fourth-order valence-corrected chi connectivity index (χ4v) is 6.81. The molecule has 1 heterocycles. The van der Waals surface area contributed by atoms with E-state index in [0.717, 1.165) is 17.7 Å². The van der Waals surface area contributed by atoms with Crippen LogP contribution in [0, 0.1) is 12.8 Å². The Balaban J connectivity index is 1.20. The molecular formula is C33H29ClN2O4S. The number of rotatable bonds is 7. The number of nitrogens with one attached hydrogen (secondary N) is 1. The van der Waals surface area contributed by atoms with E-state index in [1.54, 1.807) is 30.5 Å². The van der Waals surface area contributed by atoms with E-state index in [2.05, 4.69) is 58.9 Å². The highest BCUT2D eigenvalue weighted by atomic mass is 35.5. The molecule has 0 fully saturated rings. The third-order valence-electron chi connectivity index (χ3n) is 7.64. The Labute approximate surface area is 245 Å². The average molecular weight is 585 g/mol. The molecule has 1 aliphatic heterocycles. The first-order valence-electron chi connectivity index (χ1n) is 13.4. The molecule has 4 aromatic rings. The fraction of sp³-hybridized carbons (Fsp3) is 0.182. The number of benzene rings is 4. The van der Waals surface area contributed by atoms with Crippen molar-refractivity contribution < 1.29 is 17.3 Å². The van der Waals surface area contributed by atoms with Gasteiger partial charge in [0, 0.05) is 17.8 Å². The monoisotopic (exact) mass is 584 g/mol. The number of nitrogens with zero attached hydrogens (tertiary/aromatic N) is 1. The van der Waals surface area contributed by atoms with Crippen LogP contribution in [0.5, 0.6) is 11.5 Å². The van der Waals surface area contributed by atoms with E-state index in [4.69, 9.17) is 20.5 Å². The lowest BCUT2D eigenvalue weighted by Gasteiger charge is -2.37. The van der Waals surface area contributed by atoms with E-state index < -0.39 is 10.1 Å². The van der Waals surface area contributed by atoms with Gasteiger partial charge in [-0.15, -0.1) is 0 Å². The summed E-state index contributed by atoms with van der Waals surface area (Å²) in [6, 6.07) is 26.6. The SMILES string of the molecule is COc1cc(C=Nc2ccc([C@@H]3Nc4ccccc4[C@@H]4C=CC[C@H]43)cc2)cc(Cl)c1OS(=O)(=O)c1ccc(C)cc1. The summed E-state index contributed by atoms with van der Waals surface area (Å²) in [7, 11) is -2.67. The zero-order valence-corrected chi connectivity index (χ0v) is 24.2. The summed E-state index contributed by atoms with van der Waals surface area (Å²) in [6.07, 6.45) is 7.33. The lowest BCUT2D eigenvalue weighted by Crippen LogP contribution is -2.28. The van der Waals surface area contributed by atoms with Crippen LogP contribution in [0.1, 0.15) is 40.6 Å². The molecule has 0 radical (unpaired) electrons. The highest BCUT2D eigenvalue weighted by molar-refractivity contribution is 7.87. The summed E-state index contributed by atoms with van der Waals surface area (Å²) < 4.78 is 36.4. The van der Waals surface area contributed by atoms with Crippen LogP contribution in [0.15, 0.2) is 107 Å². The lowest BCUT2D eigenvalue weighted by atomic mass is 9.77. The summed E-state index contributed by atoms with van der Waals surface area (Å²) in [5, 5.41) is 3.85. The zero-order chi connectivity index (χ0) is 28.6. The van der Waals surface area contributed by atoms with Crippen LogP contribution in [0.4, 0.5) is 11.4 Å². The minimum absolute atomic E-state index is 0.0302. The van der Waals surface area contributed by atoms with Gasteiger partial charge in [-0.1, -0.05) is 71.8 Å². The molecule has 0 aromatic heterocycles. The molecule has 0 saturated carbocycles. The van der Waals surface area contributed by atoms with Crippen molar-refractivity contribution in [1.29, 1.82) is 0 Å². The van der Waals surface area contributed by atoms with E-state index in [9.17, 15) is 8.42 Å². The van der Waals surface area contributed by atoms with Crippen molar-refractivity contribution in [2.45, 2.75) is 30.2 Å². The number of aliphatic imine (C=N–C) groups is 1. The Bertz CT molecular complexity index is 1750. The summed E-state index contributed by atoms with van der Waals surface area (Å²) >= 11 is 6.46. The van der Waals surface area contributed by atoms with Crippen molar-refractivity contribution >= 4 is 39.3 Å². The van der Waals surface area contributed by atoms with Crippen LogP contribution in [0.3, 0.4) is 0 Å². The zero-order valence-electron chi connectivity index (χ0n) is 22.6. The van der Waals surface area contributed by atoms with E-state index in [0.29, 0.717) is 17.4 Å². The van der Waals surface area contributed by atoms with Crippen LogP contribution in [0.2, 0.25) is 5.02 Å². The Morgan fingerprint density at radius 3 is 2.51 bits per heavy atom. The number of anilines is 1. The molecule has 0 unspecified atom stereocenters. The van der Waals surface area contributed by atoms with Crippen molar-refractivity contribution in [3.8, 4) is 11.5 Å². The molecule has 41 heavy (non-hydrogen) atoms. The molecular weight excluding hydrogens is 556 g/mol. The summed E-state index contributed by atoms with van der Waals surface area (Å²) in [5.41, 5.74) is 6.14. The maximum atomic E-state index is 12.8. The number of hydrogen-bond acceptors (Lipinski definition) is 6. The lowest BCUT2D eigenvalue weighted by molar-refractivity contribution is 0.390. The minimum Gasteiger partial charge on any atom is -0.493 e. The predicted molar refractivity (Wildman–Crippen MR) is 163 cm³/mol. The highest BCUT2D eigenvalue weighted by Gasteiger charge is 2.37. The van der Waals surface area contributed by atoms with Gasteiger partial charge in [0.15, 0.2) is 5.75 Å².